The van der Waals surface area contributed by atoms with Crippen LogP contribution in [0, 0.1) is 5.41 Å². The molecule has 0 spiro atoms. The Labute approximate surface area is 244 Å². The lowest BCUT2D eigenvalue weighted by Gasteiger charge is -2.17. The van der Waals surface area contributed by atoms with Gasteiger partial charge in [0.25, 0.3) is 17.7 Å². The van der Waals surface area contributed by atoms with Crippen molar-refractivity contribution in [2.24, 2.45) is 0 Å². The van der Waals surface area contributed by atoms with Crippen LogP contribution in [0.3, 0.4) is 0 Å². The maximum Gasteiger partial charge on any atom is 0.336 e. The molecular weight excluding hydrogens is 556 g/mol. The molecule has 2 aliphatic heterocycles. The zero-order chi connectivity index (χ0) is 30.7. The number of nitrogens with one attached hydrogen (secondary N) is 2. The lowest BCUT2D eigenvalue weighted by molar-refractivity contribution is -0.197. The number of hydrogen-bond donors (Lipinski definition) is 4. The van der Waals surface area contributed by atoms with Crippen LogP contribution >= 0.6 is 0 Å². The van der Waals surface area contributed by atoms with E-state index in [2.05, 4.69) is 5.32 Å². The van der Waals surface area contributed by atoms with Crippen molar-refractivity contribution in [2.45, 2.75) is 38.5 Å². The third-order valence-electron chi connectivity index (χ3n) is 7.07. The van der Waals surface area contributed by atoms with Crippen molar-refractivity contribution in [2.75, 3.05) is 12.3 Å². The van der Waals surface area contributed by atoms with Gasteiger partial charge in [-0.2, -0.15) is 0 Å². The molecule has 1 aliphatic carbocycles. The minimum absolute atomic E-state index is 0.0142. The third-order valence-corrected chi connectivity index (χ3v) is 7.07. The van der Waals surface area contributed by atoms with Gasteiger partial charge in [-0.1, -0.05) is 12.5 Å². The van der Waals surface area contributed by atoms with Crippen LogP contribution < -0.4 is 16.4 Å². The first kappa shape index (κ1) is 29.0. The van der Waals surface area contributed by atoms with Crippen LogP contribution in [0.2, 0.25) is 0 Å². The lowest BCUT2D eigenvalue weighted by atomic mass is 9.89. The van der Waals surface area contributed by atoms with Gasteiger partial charge in [0.2, 0.25) is 0 Å². The molecular formula is C31H28N4O8. The number of aromatic carboxylic acids is 1. The number of hydrogen-bond acceptors (Lipinski definition) is 9. The predicted octanol–water partition coefficient (Wildman–Crippen LogP) is 3.86. The van der Waals surface area contributed by atoms with E-state index in [1.54, 1.807) is 48.5 Å². The molecule has 0 radical (unpaired) electrons. The number of imide groups is 1. The normalized spacial score (nSPS) is 13.1. The monoisotopic (exact) mass is 584 g/mol. The number of nitrogens with two attached hydrogens (primary N) is 1. The van der Waals surface area contributed by atoms with Crippen molar-refractivity contribution in [3.63, 3.8) is 0 Å². The summed E-state index contributed by atoms with van der Waals surface area (Å²) in [5, 5.41) is 22.2. The van der Waals surface area contributed by atoms with Gasteiger partial charge in [-0.3, -0.25) is 14.4 Å². The Hall–Kier alpha value is -5.52. The highest BCUT2D eigenvalue weighted by molar-refractivity contribution is 6.09. The van der Waals surface area contributed by atoms with Crippen LogP contribution in [0.15, 0.2) is 59.0 Å². The van der Waals surface area contributed by atoms with Crippen molar-refractivity contribution in [1.82, 2.24) is 10.4 Å². The summed E-state index contributed by atoms with van der Waals surface area (Å²) in [7, 11) is 0. The van der Waals surface area contributed by atoms with Gasteiger partial charge in [-0.15, -0.1) is 5.06 Å². The number of amides is 3. The van der Waals surface area contributed by atoms with Crippen LogP contribution in [0.4, 0.5) is 5.69 Å². The first-order valence-electron chi connectivity index (χ1n) is 13.7. The molecule has 0 saturated carbocycles. The number of rotatable bonds is 10. The van der Waals surface area contributed by atoms with E-state index in [1.165, 1.54) is 6.07 Å². The number of carbonyl (C=O) groups is 5. The first-order valence-corrected chi connectivity index (χ1v) is 13.7. The van der Waals surface area contributed by atoms with E-state index >= 15 is 0 Å². The van der Waals surface area contributed by atoms with Gasteiger partial charge in [-0.05, 0) is 54.8 Å². The third kappa shape index (κ3) is 6.22. The van der Waals surface area contributed by atoms with E-state index in [-0.39, 0.29) is 42.3 Å². The highest BCUT2D eigenvalue weighted by Crippen LogP contribution is 2.41. The number of carbonyl (C=O) groups excluding carboxylic acids is 4. The Kier molecular flexibility index (Phi) is 8.19. The van der Waals surface area contributed by atoms with Crippen molar-refractivity contribution >= 4 is 46.3 Å². The largest absolute Gasteiger partial charge is 0.478 e. The Morgan fingerprint density at radius 1 is 0.953 bits per heavy atom. The van der Waals surface area contributed by atoms with E-state index in [4.69, 9.17) is 20.4 Å². The molecule has 2 aromatic carbocycles. The molecule has 2 heterocycles. The van der Waals surface area contributed by atoms with Crippen LogP contribution in [0.25, 0.3) is 33.4 Å². The van der Waals surface area contributed by atoms with Gasteiger partial charge in [-0.25, -0.2) is 9.59 Å². The molecule has 43 heavy (non-hydrogen) atoms. The standard InChI is InChI=1S/C31H28N4O8/c32-18-6-9-21-24(15-18)42-25-16-19(33)7-10-22(25)29(21)20-8-5-17(14-23(20)31(40)41)30(39)34-13-3-1-2-4-28(38)43-35-26(36)11-12-27(35)37/h5-10,14-16,32H,1-4,11-13,33H2,(H,34,39)(H,40,41). The summed E-state index contributed by atoms with van der Waals surface area (Å²) in [5.41, 5.74) is 8.49. The average molecular weight is 585 g/mol. The summed E-state index contributed by atoms with van der Waals surface area (Å²) >= 11 is 0. The van der Waals surface area contributed by atoms with Gasteiger partial charge in [0.05, 0.1) is 10.9 Å². The fourth-order valence-electron chi connectivity index (χ4n) is 4.96. The Morgan fingerprint density at radius 3 is 2.44 bits per heavy atom. The lowest BCUT2D eigenvalue weighted by Crippen LogP contribution is -2.31. The first-order chi connectivity index (χ1) is 20.6. The fraction of sp³-hybridized carbons (Fsp3) is 0.226. The number of benzene rings is 3. The molecule has 2 aromatic rings. The number of unbranched alkanes of at least 4 members (excludes halogenated alkanes) is 2. The quantitative estimate of drug-likeness (QED) is 0.0927. The molecule has 3 amide bonds. The maximum atomic E-state index is 12.9. The van der Waals surface area contributed by atoms with Crippen LogP contribution in [-0.4, -0.2) is 46.4 Å². The molecule has 5 rings (SSSR count). The van der Waals surface area contributed by atoms with E-state index in [0.717, 1.165) is 0 Å². The second-order valence-electron chi connectivity index (χ2n) is 10.1. The minimum Gasteiger partial charge on any atom is -0.478 e. The molecule has 0 aromatic heterocycles. The Bertz CT molecular complexity index is 1800. The molecule has 220 valence electrons. The summed E-state index contributed by atoms with van der Waals surface area (Å²) < 4.78 is 5.99. The van der Waals surface area contributed by atoms with E-state index in [1.807, 2.05) is 0 Å². The molecule has 1 saturated heterocycles. The number of fused-ring (bicyclic) bond motifs is 2. The van der Waals surface area contributed by atoms with Crippen LogP contribution in [-0.2, 0) is 19.2 Å². The number of carboxylic acids is 1. The molecule has 0 unspecified atom stereocenters. The molecule has 5 N–H and O–H groups in total. The van der Waals surface area contributed by atoms with Gasteiger partial charge in [0.15, 0.2) is 0 Å². The summed E-state index contributed by atoms with van der Waals surface area (Å²) in [5.74, 6) is -3.02. The zero-order valence-electron chi connectivity index (χ0n) is 23.0. The van der Waals surface area contributed by atoms with E-state index < -0.39 is 29.7 Å². The van der Waals surface area contributed by atoms with E-state index in [9.17, 15) is 29.1 Å². The zero-order valence-corrected chi connectivity index (χ0v) is 23.0. The molecule has 12 nitrogen and oxygen atoms in total. The second-order valence-corrected chi connectivity index (χ2v) is 10.1. The van der Waals surface area contributed by atoms with Crippen molar-refractivity contribution in [3.8, 4) is 22.5 Å². The Morgan fingerprint density at radius 2 is 1.70 bits per heavy atom. The maximum absolute atomic E-state index is 12.9. The van der Waals surface area contributed by atoms with Crippen LogP contribution in [0.5, 0.6) is 0 Å². The summed E-state index contributed by atoms with van der Waals surface area (Å²) in [4.78, 5) is 65.1. The second kappa shape index (κ2) is 12.1. The van der Waals surface area contributed by atoms with Crippen LogP contribution in [0.1, 0.15) is 59.2 Å². The number of nitrogens with zero attached hydrogens (tertiary/aromatic N) is 1. The molecule has 0 atom stereocenters. The number of nitrogen functional groups attached to an aromatic ring is 1. The molecule has 1 fully saturated rings. The minimum atomic E-state index is -1.22. The number of anilines is 1. The highest BCUT2D eigenvalue weighted by Gasteiger charge is 2.32. The van der Waals surface area contributed by atoms with E-state index in [0.29, 0.717) is 63.4 Å². The van der Waals surface area contributed by atoms with Gasteiger partial charge in [0.1, 0.15) is 11.3 Å². The average Bonchev–Trinajstić information content (AvgIpc) is 3.29. The summed E-state index contributed by atoms with van der Waals surface area (Å²) in [6, 6.07) is 14.3. The van der Waals surface area contributed by atoms with Crippen molar-refractivity contribution < 1.29 is 38.3 Å². The number of hydroxylamine groups is 2. The van der Waals surface area contributed by atoms with Gasteiger partial charge >= 0.3 is 11.9 Å². The number of carboxylic acid groups (broad SMARTS) is 1. The van der Waals surface area contributed by atoms with Gasteiger partial charge in [0, 0.05) is 65.7 Å². The highest BCUT2D eigenvalue weighted by atomic mass is 16.7. The summed E-state index contributed by atoms with van der Waals surface area (Å²) in [6.45, 7) is 0.285. The van der Waals surface area contributed by atoms with Crippen molar-refractivity contribution in [1.29, 1.82) is 5.41 Å². The molecule has 12 heteroatoms. The summed E-state index contributed by atoms with van der Waals surface area (Å²) in [6.07, 6.45) is 1.61. The topological polar surface area (TPSA) is 193 Å². The van der Waals surface area contributed by atoms with Crippen molar-refractivity contribution in [3.05, 3.63) is 71.1 Å². The predicted molar refractivity (Wildman–Crippen MR) is 153 cm³/mol. The Balaban J connectivity index is 1.27. The SMILES string of the molecule is N=c1ccc2c(-c3ccc(C(=O)NCCCCCC(=O)ON4C(=O)CCC4=O)cc3C(=O)O)c3ccc(N)cc3oc-2c1. The molecule has 0 bridgehead atoms. The fourth-order valence-corrected chi connectivity index (χ4v) is 4.96. The van der Waals surface area contributed by atoms with Gasteiger partial charge < -0.3 is 30.8 Å². The molecule has 3 aliphatic rings. The smallest absolute Gasteiger partial charge is 0.336 e.